The van der Waals surface area contributed by atoms with Crippen LogP contribution in [0.25, 0.3) is 0 Å². The van der Waals surface area contributed by atoms with Crippen LogP contribution in [0.5, 0.6) is 0 Å². The highest BCUT2D eigenvalue weighted by atomic mass is 32.2. The Balaban J connectivity index is 1.96. The summed E-state index contributed by atoms with van der Waals surface area (Å²) in [6.07, 6.45) is 1.79. The normalized spacial score (nSPS) is 21.5. The first-order valence-electron chi connectivity index (χ1n) is 6.32. The molecule has 6 heteroatoms. The van der Waals surface area contributed by atoms with Gasteiger partial charge in [0.1, 0.15) is 5.82 Å². The van der Waals surface area contributed by atoms with Crippen LogP contribution in [-0.4, -0.2) is 27.2 Å². The molecular weight excluding hydrogens is 269 g/mol. The SMILES string of the molecule is CC(NS(=O)(=O)Cc1ccc(F)cc1)C1CCCO1. The van der Waals surface area contributed by atoms with Crippen molar-refractivity contribution in [3.8, 4) is 0 Å². The van der Waals surface area contributed by atoms with Crippen molar-refractivity contribution in [3.63, 3.8) is 0 Å². The molecule has 1 aliphatic heterocycles. The molecule has 1 heterocycles. The van der Waals surface area contributed by atoms with Gasteiger partial charge in [0.25, 0.3) is 0 Å². The molecule has 2 unspecified atom stereocenters. The molecule has 106 valence electrons. The fourth-order valence-corrected chi connectivity index (χ4v) is 3.63. The van der Waals surface area contributed by atoms with Crippen LogP contribution in [0, 0.1) is 5.82 Å². The Morgan fingerprint density at radius 1 is 1.42 bits per heavy atom. The quantitative estimate of drug-likeness (QED) is 0.898. The molecule has 1 saturated heterocycles. The standard InChI is InChI=1S/C13H18FNO3S/c1-10(13-3-2-8-18-13)15-19(16,17)9-11-4-6-12(14)7-5-11/h4-7,10,13,15H,2-3,8-9H2,1H3. The maximum absolute atomic E-state index is 12.8. The van der Waals surface area contributed by atoms with Crippen LogP contribution in [-0.2, 0) is 20.5 Å². The molecule has 2 atom stereocenters. The lowest BCUT2D eigenvalue weighted by atomic mass is 10.1. The third-order valence-electron chi connectivity index (χ3n) is 3.16. The van der Waals surface area contributed by atoms with Gasteiger partial charge in [-0.1, -0.05) is 12.1 Å². The van der Waals surface area contributed by atoms with E-state index in [2.05, 4.69) is 4.72 Å². The fourth-order valence-electron chi connectivity index (χ4n) is 2.20. The number of ether oxygens (including phenoxy) is 1. The number of sulfonamides is 1. The fraction of sp³-hybridized carbons (Fsp3) is 0.538. The molecule has 0 radical (unpaired) electrons. The summed E-state index contributed by atoms with van der Waals surface area (Å²) in [6.45, 7) is 2.49. The smallest absolute Gasteiger partial charge is 0.216 e. The van der Waals surface area contributed by atoms with Gasteiger partial charge in [-0.25, -0.2) is 17.5 Å². The van der Waals surface area contributed by atoms with Gasteiger partial charge in [-0.2, -0.15) is 0 Å². The predicted octanol–water partition coefficient (Wildman–Crippen LogP) is 1.81. The lowest BCUT2D eigenvalue weighted by Gasteiger charge is -2.19. The zero-order valence-corrected chi connectivity index (χ0v) is 11.6. The highest BCUT2D eigenvalue weighted by Crippen LogP contribution is 2.16. The summed E-state index contributed by atoms with van der Waals surface area (Å²) in [5, 5.41) is 0. The molecule has 4 nitrogen and oxygen atoms in total. The zero-order chi connectivity index (χ0) is 13.9. The average molecular weight is 287 g/mol. The van der Waals surface area contributed by atoms with E-state index in [1.807, 2.05) is 0 Å². The van der Waals surface area contributed by atoms with Gasteiger partial charge >= 0.3 is 0 Å². The molecule has 0 spiro atoms. The Kier molecular flexibility index (Phi) is 4.54. The molecule has 0 aromatic heterocycles. The number of rotatable bonds is 5. The lowest BCUT2D eigenvalue weighted by molar-refractivity contribution is 0.0902. The molecule has 1 fully saturated rings. The van der Waals surface area contributed by atoms with Crippen LogP contribution >= 0.6 is 0 Å². The monoisotopic (exact) mass is 287 g/mol. The van der Waals surface area contributed by atoms with E-state index in [4.69, 9.17) is 4.74 Å². The predicted molar refractivity (Wildman–Crippen MR) is 70.6 cm³/mol. The van der Waals surface area contributed by atoms with Gasteiger partial charge in [-0.3, -0.25) is 0 Å². The van der Waals surface area contributed by atoms with Crippen molar-refractivity contribution in [2.24, 2.45) is 0 Å². The Hall–Kier alpha value is -0.980. The molecule has 2 rings (SSSR count). The van der Waals surface area contributed by atoms with Gasteiger partial charge in [0.15, 0.2) is 0 Å². The van der Waals surface area contributed by atoms with E-state index >= 15 is 0 Å². The van der Waals surface area contributed by atoms with Crippen molar-refractivity contribution in [1.82, 2.24) is 4.72 Å². The minimum atomic E-state index is -3.44. The number of hydrogen-bond donors (Lipinski definition) is 1. The second-order valence-corrected chi connectivity index (χ2v) is 6.60. The highest BCUT2D eigenvalue weighted by molar-refractivity contribution is 7.88. The second kappa shape index (κ2) is 5.98. The van der Waals surface area contributed by atoms with Gasteiger partial charge in [0.05, 0.1) is 11.9 Å². The van der Waals surface area contributed by atoms with E-state index in [0.717, 1.165) is 12.8 Å². The zero-order valence-electron chi connectivity index (χ0n) is 10.8. The van der Waals surface area contributed by atoms with Crippen molar-refractivity contribution in [1.29, 1.82) is 0 Å². The Bertz CT molecular complexity index is 509. The molecule has 0 amide bonds. The van der Waals surface area contributed by atoms with Gasteiger partial charge in [-0.05, 0) is 37.5 Å². The van der Waals surface area contributed by atoms with E-state index in [9.17, 15) is 12.8 Å². The Labute approximate surface area is 113 Å². The van der Waals surface area contributed by atoms with E-state index in [1.54, 1.807) is 6.92 Å². The molecule has 19 heavy (non-hydrogen) atoms. The molecule has 1 aromatic rings. The van der Waals surface area contributed by atoms with E-state index in [1.165, 1.54) is 24.3 Å². The summed E-state index contributed by atoms with van der Waals surface area (Å²) in [5.41, 5.74) is 0.563. The summed E-state index contributed by atoms with van der Waals surface area (Å²) in [5.74, 6) is -0.522. The summed E-state index contributed by atoms with van der Waals surface area (Å²) >= 11 is 0. The lowest BCUT2D eigenvalue weighted by Crippen LogP contribution is -2.41. The van der Waals surface area contributed by atoms with Gasteiger partial charge in [0, 0.05) is 12.6 Å². The highest BCUT2D eigenvalue weighted by Gasteiger charge is 2.26. The van der Waals surface area contributed by atoms with Crippen LogP contribution in [0.4, 0.5) is 4.39 Å². The Morgan fingerprint density at radius 2 is 2.11 bits per heavy atom. The third kappa shape index (κ3) is 4.26. The van der Waals surface area contributed by atoms with Crippen molar-refractivity contribution in [2.75, 3.05) is 6.61 Å². The summed E-state index contributed by atoms with van der Waals surface area (Å²) in [7, 11) is -3.44. The van der Waals surface area contributed by atoms with Crippen molar-refractivity contribution in [2.45, 2.75) is 37.7 Å². The number of halogens is 1. The molecule has 1 N–H and O–H groups in total. The maximum Gasteiger partial charge on any atom is 0.216 e. The van der Waals surface area contributed by atoms with Crippen LogP contribution in [0.2, 0.25) is 0 Å². The molecule has 1 aromatic carbocycles. The van der Waals surface area contributed by atoms with E-state index in [0.29, 0.717) is 12.2 Å². The largest absolute Gasteiger partial charge is 0.377 e. The van der Waals surface area contributed by atoms with Crippen LogP contribution < -0.4 is 4.72 Å². The maximum atomic E-state index is 12.8. The minimum absolute atomic E-state index is 0.0528. The first kappa shape index (κ1) is 14.4. The molecule has 0 aliphatic carbocycles. The molecule has 1 aliphatic rings. The first-order chi connectivity index (χ1) is 8.96. The van der Waals surface area contributed by atoms with Gasteiger partial charge in [-0.15, -0.1) is 0 Å². The van der Waals surface area contributed by atoms with Crippen molar-refractivity contribution < 1.29 is 17.5 Å². The van der Waals surface area contributed by atoms with E-state index in [-0.39, 0.29) is 23.7 Å². The molecule has 0 saturated carbocycles. The average Bonchev–Trinajstić information content (AvgIpc) is 2.85. The number of benzene rings is 1. The van der Waals surface area contributed by atoms with Crippen LogP contribution in [0.3, 0.4) is 0 Å². The van der Waals surface area contributed by atoms with Crippen LogP contribution in [0.1, 0.15) is 25.3 Å². The summed E-state index contributed by atoms with van der Waals surface area (Å²) < 4.78 is 44.8. The number of nitrogens with one attached hydrogen (secondary N) is 1. The summed E-state index contributed by atoms with van der Waals surface area (Å²) in [6, 6.07) is 5.23. The third-order valence-corrected chi connectivity index (χ3v) is 4.60. The summed E-state index contributed by atoms with van der Waals surface area (Å²) in [4.78, 5) is 0. The van der Waals surface area contributed by atoms with Crippen LogP contribution in [0.15, 0.2) is 24.3 Å². The van der Waals surface area contributed by atoms with Crippen molar-refractivity contribution in [3.05, 3.63) is 35.6 Å². The second-order valence-electron chi connectivity index (χ2n) is 4.84. The van der Waals surface area contributed by atoms with E-state index < -0.39 is 10.0 Å². The number of hydrogen-bond acceptors (Lipinski definition) is 3. The van der Waals surface area contributed by atoms with Crippen molar-refractivity contribution >= 4 is 10.0 Å². The Morgan fingerprint density at radius 3 is 2.68 bits per heavy atom. The van der Waals surface area contributed by atoms with Gasteiger partial charge in [0.2, 0.25) is 10.0 Å². The topological polar surface area (TPSA) is 55.4 Å². The first-order valence-corrected chi connectivity index (χ1v) is 7.97. The van der Waals surface area contributed by atoms with Gasteiger partial charge < -0.3 is 4.74 Å². The minimum Gasteiger partial charge on any atom is -0.377 e. The molecular formula is C13H18FNO3S. The molecule has 0 bridgehead atoms.